The van der Waals surface area contributed by atoms with Crippen LogP contribution in [-0.2, 0) is 4.79 Å². The molecule has 36 heavy (non-hydrogen) atoms. The highest BCUT2D eigenvalue weighted by molar-refractivity contribution is 5.95. The highest BCUT2D eigenvalue weighted by Crippen LogP contribution is 2.46. The van der Waals surface area contributed by atoms with Crippen LogP contribution in [0.1, 0.15) is 29.2 Å². The van der Waals surface area contributed by atoms with Crippen molar-refractivity contribution in [1.82, 2.24) is 25.0 Å². The summed E-state index contributed by atoms with van der Waals surface area (Å²) in [6.07, 6.45) is 1.66. The highest BCUT2D eigenvalue weighted by atomic mass is 19.1. The van der Waals surface area contributed by atoms with Crippen molar-refractivity contribution in [2.75, 3.05) is 26.6 Å². The molecule has 1 N–H and O–H groups in total. The maximum absolute atomic E-state index is 13.4. The Morgan fingerprint density at radius 1 is 1.03 bits per heavy atom. The molecule has 11 heteroatoms. The lowest BCUT2D eigenvalue weighted by molar-refractivity contribution is -0.116. The van der Waals surface area contributed by atoms with E-state index >= 15 is 0 Å². The van der Waals surface area contributed by atoms with Crippen LogP contribution in [0.4, 0.5) is 10.2 Å². The van der Waals surface area contributed by atoms with Gasteiger partial charge in [-0.05, 0) is 37.3 Å². The molecule has 0 radical (unpaired) electrons. The highest BCUT2D eigenvalue weighted by Gasteiger charge is 2.35. The molecule has 0 unspecified atom stereocenters. The van der Waals surface area contributed by atoms with Crippen molar-refractivity contribution in [2.45, 2.75) is 19.3 Å². The predicted octanol–water partition coefficient (Wildman–Crippen LogP) is 3.67. The van der Waals surface area contributed by atoms with Gasteiger partial charge in [0.2, 0.25) is 5.91 Å². The van der Waals surface area contributed by atoms with E-state index in [0.717, 1.165) is 11.1 Å². The number of aromatic nitrogens is 5. The summed E-state index contributed by atoms with van der Waals surface area (Å²) < 4.78 is 31.4. The number of amides is 1. The van der Waals surface area contributed by atoms with Gasteiger partial charge in [-0.3, -0.25) is 4.79 Å². The molecule has 0 saturated carbocycles. The Labute approximate surface area is 206 Å². The van der Waals surface area contributed by atoms with E-state index in [2.05, 4.69) is 25.6 Å². The Kier molecular flexibility index (Phi) is 5.96. The van der Waals surface area contributed by atoms with Crippen molar-refractivity contribution in [1.29, 1.82) is 0 Å². The molecule has 0 spiro atoms. The molecule has 0 fully saturated rings. The summed E-state index contributed by atoms with van der Waals surface area (Å²) in [5.74, 6) is 1.29. The normalized spacial score (nSPS) is 14.7. The first-order chi connectivity index (χ1) is 17.4. The molecule has 1 aliphatic rings. The van der Waals surface area contributed by atoms with Gasteiger partial charge in [0.15, 0.2) is 11.5 Å². The number of nitrogens with one attached hydrogen (secondary N) is 1. The second-order valence-electron chi connectivity index (χ2n) is 8.16. The standard InChI is InChI=1S/C25H23FN6O4/c1-13-23-17(16-9-20(35-3)21(36-4)11-19(16)34-2)10-22(33)29-24(23)32(31-13)25-28-18(12-27-30-25)14-5-7-15(26)8-6-14/h5-9,11-12,17H,10H2,1-4H3,(H,29,33)/t17-/m0/s1. The lowest BCUT2D eigenvalue weighted by Crippen LogP contribution is -2.25. The molecule has 0 saturated heterocycles. The number of ether oxygens (including phenoxy) is 3. The Bertz CT molecular complexity index is 1450. The van der Waals surface area contributed by atoms with Gasteiger partial charge in [-0.25, -0.2) is 9.37 Å². The van der Waals surface area contributed by atoms with Gasteiger partial charge in [0.05, 0.1) is 38.9 Å². The molecule has 2 aromatic carbocycles. The molecular weight excluding hydrogens is 467 g/mol. The summed E-state index contributed by atoms with van der Waals surface area (Å²) >= 11 is 0. The fourth-order valence-electron chi connectivity index (χ4n) is 4.43. The minimum Gasteiger partial charge on any atom is -0.496 e. The SMILES string of the molecule is COc1cc(OC)c([C@@H]2CC(=O)Nc3c2c(C)nn3-c2nncc(-c3ccc(F)cc3)n2)cc1OC. The van der Waals surface area contributed by atoms with E-state index in [1.54, 1.807) is 39.5 Å². The number of anilines is 1. The van der Waals surface area contributed by atoms with Gasteiger partial charge in [0.1, 0.15) is 17.4 Å². The first kappa shape index (κ1) is 23.2. The molecule has 1 aliphatic heterocycles. The number of methoxy groups -OCH3 is 3. The van der Waals surface area contributed by atoms with E-state index in [-0.39, 0.29) is 30.0 Å². The lowest BCUT2D eigenvalue weighted by Gasteiger charge is -2.26. The quantitative estimate of drug-likeness (QED) is 0.436. The number of carbonyl (C=O) groups excluding carboxylic acids is 1. The van der Waals surface area contributed by atoms with Crippen LogP contribution in [-0.4, -0.2) is 52.2 Å². The number of nitrogens with zero attached hydrogens (tertiary/aromatic N) is 5. The van der Waals surface area contributed by atoms with Gasteiger partial charge in [0.25, 0.3) is 5.95 Å². The summed E-state index contributed by atoms with van der Waals surface area (Å²) in [5.41, 5.74) is 3.40. The van der Waals surface area contributed by atoms with Crippen molar-refractivity contribution in [3.63, 3.8) is 0 Å². The van der Waals surface area contributed by atoms with E-state index < -0.39 is 0 Å². The summed E-state index contributed by atoms with van der Waals surface area (Å²) in [4.78, 5) is 17.4. The zero-order valence-corrected chi connectivity index (χ0v) is 20.1. The van der Waals surface area contributed by atoms with Crippen molar-refractivity contribution in [2.24, 2.45) is 0 Å². The third-order valence-electron chi connectivity index (χ3n) is 6.09. The fraction of sp³-hybridized carbons (Fsp3) is 0.240. The predicted molar refractivity (Wildman–Crippen MR) is 128 cm³/mol. The summed E-state index contributed by atoms with van der Waals surface area (Å²) in [5, 5.41) is 15.7. The average molecular weight is 490 g/mol. The van der Waals surface area contributed by atoms with Crippen LogP contribution in [0, 0.1) is 12.7 Å². The first-order valence-electron chi connectivity index (χ1n) is 11.1. The van der Waals surface area contributed by atoms with E-state index in [4.69, 9.17) is 14.2 Å². The van der Waals surface area contributed by atoms with Gasteiger partial charge in [-0.1, -0.05) is 0 Å². The van der Waals surface area contributed by atoms with E-state index in [9.17, 15) is 9.18 Å². The number of carbonyl (C=O) groups is 1. The molecule has 4 aromatic rings. The van der Waals surface area contributed by atoms with Gasteiger partial charge in [-0.15, -0.1) is 5.10 Å². The van der Waals surface area contributed by atoms with Crippen LogP contribution in [0.25, 0.3) is 17.2 Å². The van der Waals surface area contributed by atoms with E-state index in [0.29, 0.717) is 40.0 Å². The minimum absolute atomic E-state index is 0.168. The third-order valence-corrected chi connectivity index (χ3v) is 6.09. The van der Waals surface area contributed by atoms with Crippen LogP contribution in [0.15, 0.2) is 42.6 Å². The van der Waals surface area contributed by atoms with Gasteiger partial charge < -0.3 is 19.5 Å². The van der Waals surface area contributed by atoms with Crippen molar-refractivity contribution >= 4 is 11.7 Å². The molecule has 0 aliphatic carbocycles. The van der Waals surface area contributed by atoms with Crippen molar-refractivity contribution < 1.29 is 23.4 Å². The third kappa shape index (κ3) is 3.98. The molecule has 184 valence electrons. The lowest BCUT2D eigenvalue weighted by atomic mass is 9.85. The smallest absolute Gasteiger partial charge is 0.272 e. The average Bonchev–Trinajstić information content (AvgIpc) is 3.23. The molecule has 1 atom stereocenters. The summed E-state index contributed by atoms with van der Waals surface area (Å²) in [7, 11) is 4.66. The molecule has 5 rings (SSSR count). The summed E-state index contributed by atoms with van der Waals surface area (Å²) in [6, 6.07) is 9.45. The zero-order valence-electron chi connectivity index (χ0n) is 20.1. The number of fused-ring (bicyclic) bond motifs is 1. The number of hydrogen-bond acceptors (Lipinski definition) is 8. The van der Waals surface area contributed by atoms with Crippen LogP contribution in [0.5, 0.6) is 17.2 Å². The van der Waals surface area contributed by atoms with Crippen molar-refractivity contribution in [3.05, 3.63) is 65.2 Å². The molecule has 0 bridgehead atoms. The Balaban J connectivity index is 1.63. The van der Waals surface area contributed by atoms with Crippen LogP contribution >= 0.6 is 0 Å². The second kappa shape index (κ2) is 9.25. The van der Waals surface area contributed by atoms with E-state index in [1.807, 2.05) is 13.0 Å². The first-order valence-corrected chi connectivity index (χ1v) is 11.1. The fourth-order valence-corrected chi connectivity index (χ4v) is 4.43. The number of hydrogen-bond donors (Lipinski definition) is 1. The number of aryl methyl sites for hydroxylation is 1. The van der Waals surface area contributed by atoms with Gasteiger partial charge in [-0.2, -0.15) is 14.9 Å². The topological polar surface area (TPSA) is 113 Å². The monoisotopic (exact) mass is 490 g/mol. The zero-order chi connectivity index (χ0) is 25.4. The minimum atomic E-state index is -0.370. The molecule has 2 aromatic heterocycles. The van der Waals surface area contributed by atoms with Crippen molar-refractivity contribution in [3.8, 4) is 34.5 Å². The number of rotatable bonds is 6. The van der Waals surface area contributed by atoms with Crippen LogP contribution in [0.2, 0.25) is 0 Å². The molecule has 10 nitrogen and oxygen atoms in total. The Hall–Kier alpha value is -4.54. The van der Waals surface area contributed by atoms with Gasteiger partial charge in [0, 0.05) is 35.1 Å². The van der Waals surface area contributed by atoms with Gasteiger partial charge >= 0.3 is 0 Å². The Morgan fingerprint density at radius 3 is 2.42 bits per heavy atom. The van der Waals surface area contributed by atoms with E-state index in [1.165, 1.54) is 23.0 Å². The number of halogens is 1. The maximum atomic E-state index is 13.4. The molecule has 3 heterocycles. The van der Waals surface area contributed by atoms with Crippen LogP contribution < -0.4 is 19.5 Å². The molecular formula is C25H23FN6O4. The van der Waals surface area contributed by atoms with Crippen LogP contribution in [0.3, 0.4) is 0 Å². The maximum Gasteiger partial charge on any atom is 0.272 e. The Morgan fingerprint density at radius 2 is 1.72 bits per heavy atom. The molecule has 1 amide bonds. The number of benzene rings is 2. The summed E-state index contributed by atoms with van der Waals surface area (Å²) in [6.45, 7) is 1.85. The largest absolute Gasteiger partial charge is 0.496 e. The second-order valence-corrected chi connectivity index (χ2v) is 8.16.